The second-order valence-corrected chi connectivity index (χ2v) is 6.53. The van der Waals surface area contributed by atoms with Crippen molar-refractivity contribution in [3.05, 3.63) is 77.8 Å². The lowest BCUT2D eigenvalue weighted by molar-refractivity contribution is -0.121. The third kappa shape index (κ3) is 4.80. The molecule has 4 aromatic rings. The molecule has 0 aliphatic heterocycles. The quantitative estimate of drug-likeness (QED) is 0.492. The Bertz CT molecular complexity index is 1080. The highest BCUT2D eigenvalue weighted by atomic mass is 16.5. The minimum atomic E-state index is -0.291. The summed E-state index contributed by atoms with van der Waals surface area (Å²) < 4.78 is 17.6. The molecule has 0 unspecified atom stereocenters. The van der Waals surface area contributed by atoms with Crippen molar-refractivity contribution in [1.82, 2.24) is 14.9 Å². The molecule has 0 radical (unpaired) electrons. The maximum Gasteiger partial charge on any atom is 0.251 e. The maximum atomic E-state index is 12.1. The molecule has 148 valence electrons. The van der Waals surface area contributed by atoms with Gasteiger partial charge in [-0.1, -0.05) is 29.4 Å². The number of benzene rings is 1. The first-order valence-electron chi connectivity index (χ1n) is 9.12. The van der Waals surface area contributed by atoms with Crippen LogP contribution in [0.2, 0.25) is 0 Å². The molecule has 8 nitrogen and oxygen atoms in total. The number of hydrogen-bond acceptors (Lipinski definition) is 6. The van der Waals surface area contributed by atoms with Gasteiger partial charge in [0, 0.05) is 18.3 Å². The highest BCUT2D eigenvalue weighted by Crippen LogP contribution is 2.20. The second-order valence-electron chi connectivity index (χ2n) is 6.53. The lowest BCUT2D eigenvalue weighted by Gasteiger charge is -2.06. The molecule has 0 saturated heterocycles. The number of amides is 1. The van der Waals surface area contributed by atoms with Crippen molar-refractivity contribution in [2.75, 3.05) is 11.9 Å². The zero-order valence-electron chi connectivity index (χ0n) is 15.9. The van der Waals surface area contributed by atoms with E-state index in [-0.39, 0.29) is 19.1 Å². The molecule has 0 saturated carbocycles. The van der Waals surface area contributed by atoms with Gasteiger partial charge in [-0.3, -0.25) is 9.48 Å². The molecule has 0 spiro atoms. The van der Waals surface area contributed by atoms with Crippen LogP contribution in [0.5, 0.6) is 0 Å². The van der Waals surface area contributed by atoms with E-state index in [0.29, 0.717) is 29.6 Å². The van der Waals surface area contributed by atoms with Crippen molar-refractivity contribution in [2.45, 2.75) is 20.1 Å². The van der Waals surface area contributed by atoms with Crippen LogP contribution < -0.4 is 5.32 Å². The van der Waals surface area contributed by atoms with Crippen LogP contribution >= 0.6 is 0 Å². The van der Waals surface area contributed by atoms with E-state index >= 15 is 0 Å². The summed E-state index contributed by atoms with van der Waals surface area (Å²) in [4.78, 5) is 12.1. The molecule has 0 fully saturated rings. The van der Waals surface area contributed by atoms with Crippen molar-refractivity contribution in [3.63, 3.8) is 0 Å². The van der Waals surface area contributed by atoms with E-state index < -0.39 is 0 Å². The van der Waals surface area contributed by atoms with E-state index in [9.17, 15) is 4.79 Å². The molecule has 0 bridgehead atoms. The molecular weight excluding hydrogens is 372 g/mol. The number of anilines is 1. The van der Waals surface area contributed by atoms with Crippen molar-refractivity contribution < 1.29 is 18.5 Å². The molecule has 0 aliphatic rings. The van der Waals surface area contributed by atoms with E-state index in [2.05, 4.69) is 34.6 Å². The fourth-order valence-electron chi connectivity index (χ4n) is 2.82. The van der Waals surface area contributed by atoms with Gasteiger partial charge in [-0.25, -0.2) is 0 Å². The largest absolute Gasteiger partial charge is 0.461 e. The summed E-state index contributed by atoms with van der Waals surface area (Å²) in [6, 6.07) is 15.1. The minimum absolute atomic E-state index is 0.117. The summed E-state index contributed by atoms with van der Waals surface area (Å²) in [6.07, 6.45) is 3.38. The fraction of sp³-hybridized carbons (Fsp3) is 0.190. The Morgan fingerprint density at radius 1 is 1.17 bits per heavy atom. The van der Waals surface area contributed by atoms with Crippen LogP contribution in [0.3, 0.4) is 0 Å². The van der Waals surface area contributed by atoms with E-state index in [4.69, 9.17) is 13.7 Å². The van der Waals surface area contributed by atoms with Crippen LogP contribution in [0.4, 0.5) is 5.82 Å². The van der Waals surface area contributed by atoms with Crippen LogP contribution in [0, 0.1) is 6.92 Å². The number of ether oxygens (including phenoxy) is 1. The number of carbonyl (C=O) groups excluding carboxylic acids is 1. The third-order valence-corrected chi connectivity index (χ3v) is 4.31. The normalized spacial score (nSPS) is 10.9. The zero-order valence-corrected chi connectivity index (χ0v) is 15.9. The first kappa shape index (κ1) is 18.7. The van der Waals surface area contributed by atoms with E-state index in [0.717, 1.165) is 0 Å². The van der Waals surface area contributed by atoms with Gasteiger partial charge in [-0.15, -0.1) is 0 Å². The molecule has 1 amide bonds. The molecule has 3 aromatic heterocycles. The highest BCUT2D eigenvalue weighted by Gasteiger charge is 2.11. The number of nitrogens with one attached hydrogen (secondary N) is 1. The van der Waals surface area contributed by atoms with Gasteiger partial charge >= 0.3 is 0 Å². The van der Waals surface area contributed by atoms with E-state index in [1.54, 1.807) is 35.2 Å². The van der Waals surface area contributed by atoms with E-state index in [1.165, 1.54) is 11.1 Å². The Balaban J connectivity index is 1.24. The Labute approximate surface area is 167 Å². The molecule has 8 heteroatoms. The summed E-state index contributed by atoms with van der Waals surface area (Å²) in [7, 11) is 0. The van der Waals surface area contributed by atoms with Crippen LogP contribution in [-0.4, -0.2) is 27.5 Å². The zero-order chi connectivity index (χ0) is 20.1. The average Bonchev–Trinajstić information content (AvgIpc) is 3.45. The van der Waals surface area contributed by atoms with Gasteiger partial charge in [0.05, 0.1) is 19.4 Å². The van der Waals surface area contributed by atoms with Crippen LogP contribution in [0.1, 0.15) is 16.8 Å². The van der Waals surface area contributed by atoms with Gasteiger partial charge in [0.2, 0.25) is 5.76 Å². The number of carbonyl (C=O) groups is 1. The number of hydrogen-bond donors (Lipinski definition) is 1. The molecule has 0 aliphatic carbocycles. The monoisotopic (exact) mass is 392 g/mol. The van der Waals surface area contributed by atoms with Crippen molar-refractivity contribution in [1.29, 1.82) is 0 Å². The topological polar surface area (TPSA) is 95.3 Å². The van der Waals surface area contributed by atoms with E-state index in [1.807, 2.05) is 18.3 Å². The number of aromatic nitrogens is 3. The van der Waals surface area contributed by atoms with Gasteiger partial charge in [-0.05, 0) is 30.2 Å². The summed E-state index contributed by atoms with van der Waals surface area (Å²) >= 11 is 0. The summed E-state index contributed by atoms with van der Waals surface area (Å²) in [5.41, 5.74) is 2.95. The average molecular weight is 392 g/mol. The molecule has 0 atom stereocenters. The molecule has 1 N–H and O–H groups in total. The number of furan rings is 1. The van der Waals surface area contributed by atoms with Gasteiger partial charge in [0.25, 0.3) is 5.91 Å². The van der Waals surface area contributed by atoms with Crippen molar-refractivity contribution in [3.8, 4) is 11.5 Å². The summed E-state index contributed by atoms with van der Waals surface area (Å²) in [5.74, 6) is 1.29. The van der Waals surface area contributed by atoms with Gasteiger partial charge in [-0.2, -0.15) is 5.10 Å². The van der Waals surface area contributed by atoms with Crippen molar-refractivity contribution >= 4 is 11.7 Å². The predicted molar refractivity (Wildman–Crippen MR) is 105 cm³/mol. The van der Waals surface area contributed by atoms with Crippen molar-refractivity contribution in [2.24, 2.45) is 0 Å². The lowest BCUT2D eigenvalue weighted by Crippen LogP contribution is -2.18. The smallest absolute Gasteiger partial charge is 0.251 e. The fourth-order valence-corrected chi connectivity index (χ4v) is 2.82. The minimum Gasteiger partial charge on any atom is -0.461 e. The Morgan fingerprint density at radius 3 is 2.90 bits per heavy atom. The Kier molecular flexibility index (Phi) is 5.53. The Morgan fingerprint density at radius 2 is 2.07 bits per heavy atom. The van der Waals surface area contributed by atoms with Gasteiger partial charge in [0.15, 0.2) is 11.6 Å². The molecular formula is C21H20N4O4. The van der Waals surface area contributed by atoms with Crippen LogP contribution in [-0.2, 0) is 22.7 Å². The maximum absolute atomic E-state index is 12.1. The van der Waals surface area contributed by atoms with Crippen LogP contribution in [0.15, 0.2) is 69.9 Å². The summed E-state index contributed by atoms with van der Waals surface area (Å²) in [5, 5.41) is 11.0. The second kappa shape index (κ2) is 8.57. The highest BCUT2D eigenvalue weighted by molar-refractivity contribution is 5.90. The van der Waals surface area contributed by atoms with Crippen LogP contribution in [0.25, 0.3) is 11.5 Å². The number of nitrogens with zero attached hydrogens (tertiary/aromatic N) is 3. The number of rotatable bonds is 8. The first-order valence-corrected chi connectivity index (χ1v) is 9.12. The molecule has 3 heterocycles. The number of aryl methyl sites for hydroxylation is 1. The molecule has 4 rings (SSSR count). The standard InChI is InChI=1S/C21H20N4O4/c1-15-5-2-3-6-16(15)12-25-9-8-20(23-25)22-21(26)14-27-13-17-11-19(29-24-17)18-7-4-10-28-18/h2-11H,12-14H2,1H3,(H,22,23,26). The molecule has 29 heavy (non-hydrogen) atoms. The third-order valence-electron chi connectivity index (χ3n) is 4.31. The van der Waals surface area contributed by atoms with Gasteiger partial charge < -0.3 is 19.0 Å². The van der Waals surface area contributed by atoms with Gasteiger partial charge in [0.1, 0.15) is 12.3 Å². The Hall–Kier alpha value is -3.65. The summed E-state index contributed by atoms with van der Waals surface area (Å²) in [6.45, 7) is 2.74. The lowest BCUT2D eigenvalue weighted by atomic mass is 10.1. The predicted octanol–water partition coefficient (Wildman–Crippen LogP) is 3.64. The first-order chi connectivity index (χ1) is 14.2. The molecule has 1 aromatic carbocycles. The SMILES string of the molecule is Cc1ccccc1Cn1ccc(NC(=O)COCc2cc(-c3ccco3)on2)n1.